The van der Waals surface area contributed by atoms with E-state index in [-0.39, 0.29) is 23.3 Å². The second kappa shape index (κ2) is 9.76. The maximum absolute atomic E-state index is 13.6. The summed E-state index contributed by atoms with van der Waals surface area (Å²) in [6.45, 7) is 14.3. The molecular weight excluding hydrogens is 440 g/mol. The van der Waals surface area contributed by atoms with Crippen LogP contribution in [0.5, 0.6) is 0 Å². The van der Waals surface area contributed by atoms with Crippen LogP contribution in [0.1, 0.15) is 87.0 Å². The fourth-order valence-electron chi connectivity index (χ4n) is 5.76. The van der Waals surface area contributed by atoms with Crippen LogP contribution in [0.2, 0.25) is 0 Å². The van der Waals surface area contributed by atoms with Crippen LogP contribution in [0.4, 0.5) is 0 Å². The topological polar surface area (TPSA) is 95.9 Å². The highest BCUT2D eigenvalue weighted by molar-refractivity contribution is 8.01. The monoisotopic (exact) mass is 482 g/mol. The number of hydrogen-bond acceptors (Lipinski definition) is 5. The van der Waals surface area contributed by atoms with Gasteiger partial charge in [-0.15, -0.1) is 11.8 Å². The van der Waals surface area contributed by atoms with Gasteiger partial charge >= 0.3 is 5.97 Å². The molecule has 2 heterocycles. The van der Waals surface area contributed by atoms with Gasteiger partial charge in [0.25, 0.3) is 5.91 Å². The van der Waals surface area contributed by atoms with Gasteiger partial charge in [-0.25, -0.2) is 4.79 Å². The predicted octanol–water partition coefficient (Wildman–Crippen LogP) is 4.04. The molecular formula is C25H42N2O5S. The van der Waals surface area contributed by atoms with E-state index in [0.29, 0.717) is 24.2 Å². The summed E-state index contributed by atoms with van der Waals surface area (Å²) in [7, 11) is 0. The summed E-state index contributed by atoms with van der Waals surface area (Å²) in [5.41, 5.74) is -1.02. The van der Waals surface area contributed by atoms with Crippen molar-refractivity contribution in [1.82, 2.24) is 10.2 Å². The number of nitrogens with zero attached hydrogens (tertiary/aromatic N) is 1. The second-order valence-electron chi connectivity index (χ2n) is 11.4. The predicted molar refractivity (Wildman–Crippen MR) is 130 cm³/mol. The van der Waals surface area contributed by atoms with E-state index in [2.05, 4.69) is 33.0 Å². The van der Waals surface area contributed by atoms with E-state index < -0.39 is 28.4 Å². The van der Waals surface area contributed by atoms with Gasteiger partial charge in [-0.3, -0.25) is 9.59 Å². The smallest absolute Gasteiger partial charge is 0.327 e. The van der Waals surface area contributed by atoms with E-state index in [4.69, 9.17) is 4.74 Å². The quantitative estimate of drug-likeness (QED) is 0.482. The molecule has 0 aromatic heterocycles. The lowest BCUT2D eigenvalue weighted by molar-refractivity contribution is -0.172. The van der Waals surface area contributed by atoms with Gasteiger partial charge in [0.2, 0.25) is 5.91 Å². The van der Waals surface area contributed by atoms with Crippen LogP contribution in [0.3, 0.4) is 0 Å². The van der Waals surface area contributed by atoms with Crippen LogP contribution in [0, 0.1) is 17.8 Å². The summed E-state index contributed by atoms with van der Waals surface area (Å²) < 4.78 is 6.05. The van der Waals surface area contributed by atoms with Gasteiger partial charge in [-0.2, -0.15) is 0 Å². The third-order valence-electron chi connectivity index (χ3n) is 7.82. The molecule has 33 heavy (non-hydrogen) atoms. The highest BCUT2D eigenvalue weighted by Crippen LogP contribution is 2.51. The first-order valence-corrected chi connectivity index (χ1v) is 13.4. The number of carbonyl (C=O) groups is 3. The number of carbonyl (C=O) groups excluding carboxylic acids is 2. The number of carboxylic acids is 1. The summed E-state index contributed by atoms with van der Waals surface area (Å²) in [5, 5.41) is 12.2. The van der Waals surface area contributed by atoms with Gasteiger partial charge in [0.15, 0.2) is 0 Å². The number of thioether (sulfide) groups is 1. The number of β-lactam (4-membered cyclic amide) rings is 1. The van der Waals surface area contributed by atoms with Crippen molar-refractivity contribution in [1.29, 1.82) is 0 Å². The molecule has 0 unspecified atom stereocenters. The fraction of sp³-hybridized carbons (Fsp3) is 0.880. The molecule has 3 rings (SSSR count). The van der Waals surface area contributed by atoms with Crippen LogP contribution in [-0.4, -0.2) is 61.7 Å². The molecule has 7 nitrogen and oxygen atoms in total. The van der Waals surface area contributed by atoms with E-state index in [1.807, 2.05) is 20.8 Å². The number of nitrogens with one attached hydrogen (secondary N) is 1. The molecule has 0 aromatic carbocycles. The Balaban J connectivity index is 1.76. The van der Waals surface area contributed by atoms with Crippen molar-refractivity contribution in [2.24, 2.45) is 17.8 Å². The molecule has 0 radical (unpaired) electrons. The molecule has 1 aliphatic carbocycles. The summed E-state index contributed by atoms with van der Waals surface area (Å²) in [6.07, 6.45) is 5.66. The van der Waals surface area contributed by atoms with E-state index in [1.165, 1.54) is 23.1 Å². The number of carboxylic acid groups (broad SMARTS) is 1. The molecule has 1 saturated carbocycles. The van der Waals surface area contributed by atoms with Crippen molar-refractivity contribution in [3.05, 3.63) is 0 Å². The zero-order valence-electron chi connectivity index (χ0n) is 21.2. The number of aliphatic carboxylic acids is 1. The Morgan fingerprint density at radius 3 is 2.58 bits per heavy atom. The minimum Gasteiger partial charge on any atom is -0.480 e. The van der Waals surface area contributed by atoms with Crippen molar-refractivity contribution in [2.45, 2.75) is 121 Å². The molecule has 2 saturated heterocycles. The van der Waals surface area contributed by atoms with Crippen LogP contribution < -0.4 is 5.32 Å². The molecule has 2 N–H and O–H groups in total. The highest BCUT2D eigenvalue weighted by atomic mass is 32.2. The molecule has 2 aliphatic heterocycles. The van der Waals surface area contributed by atoms with Gasteiger partial charge in [0.1, 0.15) is 23.1 Å². The Labute approximate surface area is 202 Å². The van der Waals surface area contributed by atoms with Crippen molar-refractivity contribution in [2.75, 3.05) is 0 Å². The van der Waals surface area contributed by atoms with Crippen LogP contribution in [-0.2, 0) is 19.1 Å². The number of unbranched alkanes of at least 4 members (excludes halogenated alkanes) is 1. The lowest BCUT2D eigenvalue weighted by Gasteiger charge is -2.46. The van der Waals surface area contributed by atoms with Crippen molar-refractivity contribution >= 4 is 29.5 Å². The minimum absolute atomic E-state index is 0.0196. The van der Waals surface area contributed by atoms with Crippen molar-refractivity contribution in [3.8, 4) is 0 Å². The molecule has 0 bridgehead atoms. The molecule has 7 atom stereocenters. The lowest BCUT2D eigenvalue weighted by Crippen LogP contribution is -2.72. The molecule has 0 aromatic rings. The fourth-order valence-corrected chi connectivity index (χ4v) is 7.39. The highest BCUT2D eigenvalue weighted by Gasteiger charge is 2.64. The minimum atomic E-state index is -1.02. The van der Waals surface area contributed by atoms with Gasteiger partial charge < -0.3 is 20.1 Å². The van der Waals surface area contributed by atoms with Crippen LogP contribution >= 0.6 is 11.8 Å². The van der Waals surface area contributed by atoms with E-state index in [0.717, 1.165) is 25.7 Å². The zero-order chi connectivity index (χ0) is 24.7. The number of rotatable bonds is 9. The number of fused-ring (bicyclic) bond motifs is 1. The molecule has 8 heteroatoms. The summed E-state index contributed by atoms with van der Waals surface area (Å²) >= 11 is 1.45. The maximum atomic E-state index is 13.6. The average molecular weight is 483 g/mol. The van der Waals surface area contributed by atoms with Gasteiger partial charge in [0, 0.05) is 4.75 Å². The third kappa shape index (κ3) is 5.07. The Hall–Kier alpha value is -1.28. The summed E-state index contributed by atoms with van der Waals surface area (Å²) in [6, 6.07) is -1.59. The number of ether oxygens (including phenoxy) is 1. The molecule has 188 valence electrons. The largest absolute Gasteiger partial charge is 0.480 e. The Morgan fingerprint density at radius 1 is 1.33 bits per heavy atom. The number of hydrogen-bond donors (Lipinski definition) is 2. The lowest BCUT2D eigenvalue weighted by atomic mass is 9.75. The molecule has 3 fully saturated rings. The zero-order valence-corrected chi connectivity index (χ0v) is 22.0. The summed E-state index contributed by atoms with van der Waals surface area (Å²) in [4.78, 5) is 39.7. The Bertz CT molecular complexity index is 772. The maximum Gasteiger partial charge on any atom is 0.327 e. The normalized spacial score (nSPS) is 35.0. The third-order valence-corrected chi connectivity index (χ3v) is 9.39. The SMILES string of the molecule is CCCC[C@@](C)(O[C@@H]1C[C@@H](C)CC[C@@H]1C(C)C)C(=O)N[C@@H]1C(=O)N2[C@@H]1SC(C)(C)[C@@H]2C(=O)O. The van der Waals surface area contributed by atoms with Crippen LogP contribution in [0.25, 0.3) is 0 Å². The standard InChI is InChI=1S/C25H42N2O5S/c1-8-9-12-25(7,32-17-13-15(4)10-11-16(17)14(2)3)23(31)26-18-20(28)27-19(22(29)30)24(5,6)33-21(18)27/h14-19,21H,8-13H2,1-7H3,(H,26,31)(H,29,30)/t15-,16+,17+,18+,19-,21+,25+/m0/s1. The van der Waals surface area contributed by atoms with E-state index in [9.17, 15) is 19.5 Å². The van der Waals surface area contributed by atoms with Gasteiger partial charge in [0.05, 0.1) is 6.10 Å². The van der Waals surface area contributed by atoms with Crippen molar-refractivity contribution in [3.63, 3.8) is 0 Å². The average Bonchev–Trinajstić information content (AvgIpc) is 2.98. The number of amides is 2. The summed E-state index contributed by atoms with van der Waals surface area (Å²) in [5.74, 6) is -0.119. The first-order chi connectivity index (χ1) is 15.3. The van der Waals surface area contributed by atoms with E-state index in [1.54, 1.807) is 0 Å². The second-order valence-corrected chi connectivity index (χ2v) is 13.1. The molecule has 0 spiro atoms. The van der Waals surface area contributed by atoms with Crippen molar-refractivity contribution < 1.29 is 24.2 Å². The van der Waals surface area contributed by atoms with Gasteiger partial charge in [-0.1, -0.05) is 47.0 Å². The first-order valence-electron chi connectivity index (χ1n) is 12.5. The molecule has 2 amide bonds. The van der Waals surface area contributed by atoms with Crippen LogP contribution in [0.15, 0.2) is 0 Å². The first kappa shape index (κ1) is 26.3. The Kier molecular flexibility index (Phi) is 7.79. The molecule has 3 aliphatic rings. The van der Waals surface area contributed by atoms with E-state index >= 15 is 0 Å². The Morgan fingerprint density at radius 2 is 2.00 bits per heavy atom. The van der Waals surface area contributed by atoms with Gasteiger partial charge in [-0.05, 0) is 57.8 Å².